The number of furan rings is 1. The van der Waals surface area contributed by atoms with Gasteiger partial charge in [-0.05, 0) is 42.5 Å². The Kier molecular flexibility index (Phi) is 3.61. The molecule has 0 N–H and O–H groups in total. The van der Waals surface area contributed by atoms with E-state index in [1.165, 1.54) is 12.8 Å². The molecule has 1 aliphatic rings. The Balaban J connectivity index is 1.72. The van der Waals surface area contributed by atoms with Crippen LogP contribution in [0, 0.1) is 23.2 Å². The van der Waals surface area contributed by atoms with E-state index in [9.17, 15) is 0 Å². The van der Waals surface area contributed by atoms with Crippen LogP contribution in [-0.2, 0) is 5.75 Å². The van der Waals surface area contributed by atoms with Crippen LogP contribution in [0.15, 0.2) is 16.5 Å². The van der Waals surface area contributed by atoms with Gasteiger partial charge in [0.05, 0.1) is 17.7 Å². The van der Waals surface area contributed by atoms with Gasteiger partial charge in [-0.3, -0.25) is 0 Å². The van der Waals surface area contributed by atoms with E-state index < -0.39 is 0 Å². The molecule has 0 amide bonds. The molecule has 1 atom stereocenters. The summed E-state index contributed by atoms with van der Waals surface area (Å²) in [5.74, 6) is 3.47. The number of hydrogen-bond donors (Lipinski definition) is 0. The minimum absolute atomic E-state index is 0.223. The summed E-state index contributed by atoms with van der Waals surface area (Å²) in [4.78, 5) is 0. The maximum atomic E-state index is 8.93. The van der Waals surface area contributed by atoms with Gasteiger partial charge in [-0.1, -0.05) is 0 Å². The van der Waals surface area contributed by atoms with Crippen molar-refractivity contribution in [1.82, 2.24) is 0 Å². The molecule has 15 heavy (non-hydrogen) atoms. The second kappa shape index (κ2) is 4.96. The number of nitriles is 1. The van der Waals surface area contributed by atoms with Gasteiger partial charge in [0, 0.05) is 5.75 Å². The zero-order valence-corrected chi connectivity index (χ0v) is 9.85. The summed E-state index contributed by atoms with van der Waals surface area (Å²) >= 11 is 7.41. The standard InChI is InChI=1S/C11H12ClNOS/c12-11-4-3-10(14-11)7-15-6-9(5-13)8-1-2-8/h3-4,8-9H,1-2,6-7H2. The highest BCUT2D eigenvalue weighted by Crippen LogP contribution is 2.38. The van der Waals surface area contributed by atoms with Crippen molar-refractivity contribution in [2.24, 2.45) is 11.8 Å². The predicted molar refractivity (Wildman–Crippen MR) is 61.7 cm³/mol. The molecule has 0 radical (unpaired) electrons. The Bertz CT molecular complexity index is 367. The lowest BCUT2D eigenvalue weighted by atomic mass is 10.1. The molecule has 1 heterocycles. The highest BCUT2D eigenvalue weighted by atomic mass is 35.5. The van der Waals surface area contributed by atoms with Gasteiger partial charge in [0.15, 0.2) is 5.22 Å². The van der Waals surface area contributed by atoms with Crippen LogP contribution in [0.4, 0.5) is 0 Å². The topological polar surface area (TPSA) is 36.9 Å². The minimum atomic E-state index is 0.223. The first-order valence-electron chi connectivity index (χ1n) is 5.01. The summed E-state index contributed by atoms with van der Waals surface area (Å²) < 4.78 is 5.24. The second-order valence-electron chi connectivity index (χ2n) is 3.79. The predicted octanol–water partition coefficient (Wildman–Crippen LogP) is 3.72. The summed E-state index contributed by atoms with van der Waals surface area (Å²) in [5, 5.41) is 9.36. The number of rotatable bonds is 5. The van der Waals surface area contributed by atoms with Crippen LogP contribution in [0.25, 0.3) is 0 Å². The van der Waals surface area contributed by atoms with Gasteiger partial charge < -0.3 is 4.42 Å². The summed E-state index contributed by atoms with van der Waals surface area (Å²) in [6.07, 6.45) is 2.46. The van der Waals surface area contributed by atoms with Crippen molar-refractivity contribution in [3.8, 4) is 6.07 Å². The van der Waals surface area contributed by atoms with Gasteiger partial charge in [0.2, 0.25) is 0 Å². The van der Waals surface area contributed by atoms with Crippen LogP contribution < -0.4 is 0 Å². The largest absolute Gasteiger partial charge is 0.449 e. The molecule has 0 aliphatic heterocycles. The van der Waals surface area contributed by atoms with E-state index >= 15 is 0 Å². The van der Waals surface area contributed by atoms with E-state index in [0.29, 0.717) is 11.1 Å². The van der Waals surface area contributed by atoms with E-state index in [2.05, 4.69) is 6.07 Å². The van der Waals surface area contributed by atoms with Crippen LogP contribution in [0.3, 0.4) is 0 Å². The van der Waals surface area contributed by atoms with E-state index in [1.54, 1.807) is 17.8 Å². The molecule has 1 fully saturated rings. The Morgan fingerprint density at radius 1 is 1.60 bits per heavy atom. The van der Waals surface area contributed by atoms with Crippen molar-refractivity contribution in [3.63, 3.8) is 0 Å². The highest BCUT2D eigenvalue weighted by molar-refractivity contribution is 7.98. The molecule has 1 aromatic heterocycles. The molecule has 4 heteroatoms. The lowest BCUT2D eigenvalue weighted by molar-refractivity contribution is 0.532. The van der Waals surface area contributed by atoms with E-state index in [1.807, 2.05) is 6.07 Å². The van der Waals surface area contributed by atoms with Crippen molar-refractivity contribution in [3.05, 3.63) is 23.1 Å². The summed E-state index contributed by atoms with van der Waals surface area (Å²) in [7, 11) is 0. The van der Waals surface area contributed by atoms with Crippen molar-refractivity contribution in [2.45, 2.75) is 18.6 Å². The Morgan fingerprint density at radius 3 is 2.93 bits per heavy atom. The fraction of sp³-hybridized carbons (Fsp3) is 0.545. The first-order chi connectivity index (χ1) is 7.29. The molecule has 1 aliphatic carbocycles. The zero-order valence-electron chi connectivity index (χ0n) is 8.28. The first-order valence-corrected chi connectivity index (χ1v) is 6.54. The third kappa shape index (κ3) is 3.19. The van der Waals surface area contributed by atoms with Crippen LogP contribution in [0.5, 0.6) is 0 Å². The smallest absolute Gasteiger partial charge is 0.193 e. The number of nitrogens with zero attached hydrogens (tertiary/aromatic N) is 1. The second-order valence-corrected chi connectivity index (χ2v) is 5.20. The van der Waals surface area contributed by atoms with Gasteiger partial charge in [-0.2, -0.15) is 17.0 Å². The molecule has 0 aromatic carbocycles. The van der Waals surface area contributed by atoms with Gasteiger partial charge in [-0.15, -0.1) is 0 Å². The van der Waals surface area contributed by atoms with Gasteiger partial charge in [0.1, 0.15) is 5.76 Å². The molecule has 2 nitrogen and oxygen atoms in total. The number of hydrogen-bond acceptors (Lipinski definition) is 3. The third-order valence-corrected chi connectivity index (χ3v) is 3.81. The lowest BCUT2D eigenvalue weighted by Crippen LogP contribution is -2.02. The van der Waals surface area contributed by atoms with Crippen LogP contribution in [0.2, 0.25) is 5.22 Å². The van der Waals surface area contributed by atoms with Crippen LogP contribution in [-0.4, -0.2) is 5.75 Å². The summed E-state index contributed by atoms with van der Waals surface area (Å²) in [5.41, 5.74) is 0. The molecule has 80 valence electrons. The van der Waals surface area contributed by atoms with Gasteiger partial charge >= 0.3 is 0 Å². The number of halogens is 1. The Labute approximate surface area is 98.6 Å². The minimum Gasteiger partial charge on any atom is -0.449 e. The third-order valence-electron chi connectivity index (χ3n) is 2.53. The molecular formula is C11H12ClNOS. The normalized spacial score (nSPS) is 17.3. The quantitative estimate of drug-likeness (QED) is 0.789. The maximum absolute atomic E-state index is 8.93. The number of thioether (sulfide) groups is 1. The fourth-order valence-electron chi connectivity index (χ4n) is 1.49. The molecule has 1 aromatic rings. The Morgan fingerprint density at radius 2 is 2.40 bits per heavy atom. The summed E-state index contributed by atoms with van der Waals surface area (Å²) in [6, 6.07) is 6.01. The van der Waals surface area contributed by atoms with Crippen molar-refractivity contribution < 1.29 is 4.42 Å². The van der Waals surface area contributed by atoms with Gasteiger partial charge in [0.25, 0.3) is 0 Å². The Hall–Kier alpha value is -0.590. The van der Waals surface area contributed by atoms with E-state index in [0.717, 1.165) is 17.3 Å². The van der Waals surface area contributed by atoms with E-state index in [4.69, 9.17) is 21.3 Å². The molecule has 0 saturated heterocycles. The highest BCUT2D eigenvalue weighted by Gasteiger charge is 2.30. The zero-order chi connectivity index (χ0) is 10.7. The molecule has 1 saturated carbocycles. The summed E-state index contributed by atoms with van der Waals surface area (Å²) in [6.45, 7) is 0. The molecular weight excluding hydrogens is 230 g/mol. The SMILES string of the molecule is N#CC(CSCc1ccc(Cl)o1)C1CC1. The average Bonchev–Trinajstić information content (AvgIpc) is 2.98. The fourth-order valence-corrected chi connectivity index (χ4v) is 2.73. The molecule has 0 spiro atoms. The maximum Gasteiger partial charge on any atom is 0.193 e. The van der Waals surface area contributed by atoms with Crippen molar-refractivity contribution in [1.29, 1.82) is 5.26 Å². The lowest BCUT2D eigenvalue weighted by Gasteiger charge is -2.05. The monoisotopic (exact) mass is 241 g/mol. The molecule has 1 unspecified atom stereocenters. The molecule has 0 bridgehead atoms. The van der Waals surface area contributed by atoms with Crippen LogP contribution >= 0.6 is 23.4 Å². The molecule has 2 rings (SSSR count). The van der Waals surface area contributed by atoms with Gasteiger partial charge in [-0.25, -0.2) is 0 Å². The average molecular weight is 242 g/mol. The van der Waals surface area contributed by atoms with E-state index in [-0.39, 0.29) is 5.92 Å². The van der Waals surface area contributed by atoms with Crippen molar-refractivity contribution >= 4 is 23.4 Å². The first kappa shape index (κ1) is 10.9. The van der Waals surface area contributed by atoms with Crippen LogP contribution in [0.1, 0.15) is 18.6 Å². The van der Waals surface area contributed by atoms with Crippen molar-refractivity contribution in [2.75, 3.05) is 5.75 Å².